The van der Waals surface area contributed by atoms with E-state index in [0.717, 1.165) is 5.56 Å². The molecule has 0 fully saturated rings. The van der Waals surface area contributed by atoms with Gasteiger partial charge in [0.2, 0.25) is 0 Å². The summed E-state index contributed by atoms with van der Waals surface area (Å²) in [5, 5.41) is 0. The second-order valence-electron chi connectivity index (χ2n) is 9.13. The number of allylic oxidation sites excluding steroid dienone is 2. The number of nitrogens with two attached hydrogens (primary N) is 1. The van der Waals surface area contributed by atoms with Crippen molar-refractivity contribution in [3.63, 3.8) is 0 Å². The van der Waals surface area contributed by atoms with Gasteiger partial charge in [-0.1, -0.05) is 54.6 Å². The lowest BCUT2D eigenvalue weighted by atomic mass is 9.67. The maximum atomic E-state index is 14.4. The normalized spacial score (nSPS) is 21.2. The number of aromatic nitrogens is 1. The molecule has 2 aliphatic rings. The van der Waals surface area contributed by atoms with E-state index in [-0.39, 0.29) is 11.4 Å². The molecule has 8 nitrogen and oxygen atoms in total. The van der Waals surface area contributed by atoms with Gasteiger partial charge < -0.3 is 15.2 Å². The number of anilines is 1. The van der Waals surface area contributed by atoms with E-state index in [1.165, 1.54) is 14.2 Å². The quantitative estimate of drug-likeness (QED) is 0.408. The Morgan fingerprint density at radius 3 is 2.18 bits per heavy atom. The minimum atomic E-state index is -1.10. The van der Waals surface area contributed by atoms with Gasteiger partial charge in [-0.25, -0.2) is 4.79 Å². The molecule has 1 aromatic heterocycles. The Morgan fingerprint density at radius 2 is 1.58 bits per heavy atom. The highest BCUT2D eigenvalue weighted by atomic mass is 16.5. The van der Waals surface area contributed by atoms with E-state index in [1.807, 2.05) is 60.7 Å². The average molecular weight is 510 g/mol. The van der Waals surface area contributed by atoms with E-state index in [1.54, 1.807) is 29.4 Å². The molecule has 0 bridgehead atoms. The van der Waals surface area contributed by atoms with Gasteiger partial charge in [-0.15, -0.1) is 0 Å². The lowest BCUT2D eigenvalue weighted by Crippen LogP contribution is -2.46. The summed E-state index contributed by atoms with van der Waals surface area (Å²) < 4.78 is 10.3. The molecule has 2 heterocycles. The molecule has 38 heavy (non-hydrogen) atoms. The van der Waals surface area contributed by atoms with Crippen LogP contribution in [0.4, 0.5) is 5.69 Å². The van der Waals surface area contributed by atoms with Crippen LogP contribution >= 0.6 is 0 Å². The summed E-state index contributed by atoms with van der Waals surface area (Å²) in [6, 6.07) is 22.2. The molecule has 0 saturated carbocycles. The lowest BCUT2D eigenvalue weighted by molar-refractivity contribution is -0.150. The lowest BCUT2D eigenvalue weighted by Gasteiger charge is -2.44. The van der Waals surface area contributed by atoms with Crippen molar-refractivity contribution in [3.8, 4) is 0 Å². The van der Waals surface area contributed by atoms with Gasteiger partial charge in [0.25, 0.3) is 0 Å². The molecule has 0 unspecified atom stereocenters. The van der Waals surface area contributed by atoms with E-state index in [4.69, 9.17) is 15.2 Å². The van der Waals surface area contributed by atoms with Crippen LogP contribution in [-0.2, 0) is 23.9 Å². The van der Waals surface area contributed by atoms with Crippen molar-refractivity contribution >= 4 is 23.4 Å². The SMILES string of the molecule is COC(=O)C1=C(N)N(c2ccccc2)C2=C(C(=O)[C@@H](C(=O)OC)[C@H](c3ccccc3)C2)[C@@H]1c1cccnc1. The van der Waals surface area contributed by atoms with Gasteiger partial charge in [0.1, 0.15) is 11.7 Å². The summed E-state index contributed by atoms with van der Waals surface area (Å²) in [6.07, 6.45) is 3.51. The number of hydrogen-bond donors (Lipinski definition) is 1. The van der Waals surface area contributed by atoms with Gasteiger partial charge in [-0.2, -0.15) is 0 Å². The van der Waals surface area contributed by atoms with E-state index >= 15 is 0 Å². The third-order valence-corrected chi connectivity index (χ3v) is 7.16. The molecule has 0 radical (unpaired) electrons. The molecule has 2 aromatic carbocycles. The van der Waals surface area contributed by atoms with E-state index in [9.17, 15) is 14.4 Å². The number of carbonyl (C=O) groups excluding carboxylic acids is 3. The molecule has 0 amide bonds. The van der Waals surface area contributed by atoms with Gasteiger partial charge in [0, 0.05) is 35.3 Å². The Labute approximate surface area is 220 Å². The van der Waals surface area contributed by atoms with Crippen molar-refractivity contribution < 1.29 is 23.9 Å². The van der Waals surface area contributed by atoms with Crippen molar-refractivity contribution in [2.75, 3.05) is 19.1 Å². The number of ketones is 1. The number of hydrogen-bond acceptors (Lipinski definition) is 8. The number of para-hydroxylation sites is 1. The molecule has 0 saturated heterocycles. The number of Topliss-reactive ketones (excluding diaryl/α,β-unsaturated/α-hetero) is 1. The monoisotopic (exact) mass is 509 g/mol. The number of carbonyl (C=O) groups is 3. The van der Waals surface area contributed by atoms with Gasteiger partial charge in [-0.05, 0) is 35.7 Å². The van der Waals surface area contributed by atoms with Crippen molar-refractivity contribution in [2.45, 2.75) is 18.3 Å². The topological polar surface area (TPSA) is 112 Å². The molecular formula is C30H27N3O5. The molecule has 8 heteroatoms. The maximum absolute atomic E-state index is 14.4. The smallest absolute Gasteiger partial charge is 0.338 e. The summed E-state index contributed by atoms with van der Waals surface area (Å²) in [6.45, 7) is 0. The number of pyridine rings is 1. The Morgan fingerprint density at radius 1 is 0.921 bits per heavy atom. The first-order chi connectivity index (χ1) is 18.5. The summed E-state index contributed by atoms with van der Waals surface area (Å²) in [5.41, 5.74) is 9.90. The summed E-state index contributed by atoms with van der Waals surface area (Å²) in [4.78, 5) is 46.8. The molecule has 3 aromatic rings. The number of methoxy groups -OCH3 is 2. The van der Waals surface area contributed by atoms with Crippen LogP contribution in [0, 0.1) is 5.92 Å². The average Bonchev–Trinajstić information content (AvgIpc) is 2.97. The zero-order chi connectivity index (χ0) is 26.8. The Bertz CT molecular complexity index is 1430. The number of rotatable bonds is 5. The van der Waals surface area contributed by atoms with Crippen molar-refractivity contribution in [1.82, 2.24) is 4.98 Å². The minimum Gasteiger partial charge on any atom is -0.468 e. The second-order valence-corrected chi connectivity index (χ2v) is 9.13. The van der Waals surface area contributed by atoms with Crippen LogP contribution in [-0.4, -0.2) is 36.9 Å². The summed E-state index contributed by atoms with van der Waals surface area (Å²) in [5.74, 6) is -4.03. The van der Waals surface area contributed by atoms with Gasteiger partial charge >= 0.3 is 11.9 Å². The van der Waals surface area contributed by atoms with Crippen LogP contribution in [0.5, 0.6) is 0 Å². The van der Waals surface area contributed by atoms with Crippen LogP contribution in [0.2, 0.25) is 0 Å². The first-order valence-corrected chi connectivity index (χ1v) is 12.2. The molecule has 3 atom stereocenters. The predicted molar refractivity (Wildman–Crippen MR) is 140 cm³/mol. The van der Waals surface area contributed by atoms with Gasteiger partial charge in [0.05, 0.1) is 25.7 Å². The second kappa shape index (κ2) is 10.3. The fourth-order valence-electron chi connectivity index (χ4n) is 5.50. The Kier molecular flexibility index (Phi) is 6.79. The van der Waals surface area contributed by atoms with E-state index in [0.29, 0.717) is 28.9 Å². The van der Waals surface area contributed by atoms with Crippen molar-refractivity contribution in [3.05, 3.63) is 119 Å². The molecule has 192 valence electrons. The molecule has 5 rings (SSSR count). The number of benzene rings is 2. The van der Waals surface area contributed by atoms with Crippen molar-refractivity contribution in [2.24, 2.45) is 11.7 Å². The highest BCUT2D eigenvalue weighted by molar-refractivity contribution is 6.14. The Balaban J connectivity index is 1.82. The van der Waals surface area contributed by atoms with Crippen molar-refractivity contribution in [1.29, 1.82) is 0 Å². The van der Waals surface area contributed by atoms with E-state index in [2.05, 4.69) is 4.98 Å². The molecular weight excluding hydrogens is 482 g/mol. The van der Waals surface area contributed by atoms with Crippen LogP contribution in [0.3, 0.4) is 0 Å². The highest BCUT2D eigenvalue weighted by Crippen LogP contribution is 2.51. The number of ether oxygens (including phenoxy) is 2. The number of nitrogens with zero attached hydrogens (tertiary/aromatic N) is 2. The molecule has 0 spiro atoms. The van der Waals surface area contributed by atoms with Crippen LogP contribution in [0.15, 0.2) is 108 Å². The van der Waals surface area contributed by atoms with E-state index < -0.39 is 35.5 Å². The molecule has 2 N–H and O–H groups in total. The van der Waals surface area contributed by atoms with Gasteiger partial charge in [0.15, 0.2) is 5.78 Å². The molecule has 1 aliphatic heterocycles. The van der Waals surface area contributed by atoms with Crippen LogP contribution in [0.25, 0.3) is 0 Å². The predicted octanol–water partition coefficient (Wildman–Crippen LogP) is 3.83. The maximum Gasteiger partial charge on any atom is 0.338 e. The fourth-order valence-corrected chi connectivity index (χ4v) is 5.50. The van der Waals surface area contributed by atoms with Gasteiger partial charge in [-0.3, -0.25) is 19.5 Å². The Hall–Kier alpha value is -4.72. The fraction of sp³-hybridized carbons (Fsp3) is 0.200. The third-order valence-electron chi connectivity index (χ3n) is 7.16. The largest absolute Gasteiger partial charge is 0.468 e. The minimum absolute atomic E-state index is 0.109. The van der Waals surface area contributed by atoms with Crippen LogP contribution in [0.1, 0.15) is 29.4 Å². The molecule has 1 aliphatic carbocycles. The van der Waals surface area contributed by atoms with Crippen LogP contribution < -0.4 is 10.6 Å². The highest BCUT2D eigenvalue weighted by Gasteiger charge is 2.51. The summed E-state index contributed by atoms with van der Waals surface area (Å²) in [7, 11) is 2.54. The first-order valence-electron chi connectivity index (χ1n) is 12.2. The zero-order valence-electron chi connectivity index (χ0n) is 21.0. The standard InChI is InChI=1S/C30H27N3O5/c1-37-29(35)24-21(18-10-5-3-6-11-18)16-22-25(27(24)34)23(19-12-9-15-32-17-19)26(30(36)38-2)28(31)33(22)20-13-7-4-8-14-20/h3-15,17,21,23-24H,16,31H2,1-2H3/t21-,23-,24-/m0/s1. The number of esters is 2. The zero-order valence-corrected chi connectivity index (χ0v) is 21.0. The third kappa shape index (κ3) is 4.14. The summed E-state index contributed by atoms with van der Waals surface area (Å²) >= 11 is 0. The first kappa shape index (κ1) is 25.0.